The predicted molar refractivity (Wildman–Crippen MR) is 82.5 cm³/mol. The molecule has 3 nitrogen and oxygen atoms in total. The third-order valence-electron chi connectivity index (χ3n) is 3.30. The lowest BCUT2D eigenvalue weighted by atomic mass is 10.1. The summed E-state index contributed by atoms with van der Waals surface area (Å²) in [5.74, 6) is 0.0192. The van der Waals surface area contributed by atoms with E-state index in [2.05, 4.69) is 29.8 Å². The monoisotopic (exact) mass is 329 g/mol. The minimum absolute atomic E-state index is 0.137. The smallest absolute Gasteiger partial charge is 0.161 e. The molecular weight excluding hydrogens is 309 g/mol. The number of rotatable bonds is 6. The van der Waals surface area contributed by atoms with E-state index in [1.807, 2.05) is 11.8 Å². The molecule has 3 N–H and O–H groups in total. The number of amidine groups is 1. The van der Waals surface area contributed by atoms with Crippen molar-refractivity contribution >= 4 is 27.5 Å². The van der Waals surface area contributed by atoms with Crippen LogP contribution in [-0.2, 0) is 0 Å². The average molecular weight is 330 g/mol. The number of nitrogen functional groups attached to an aromatic ring is 1. The molecule has 0 aliphatic carbocycles. The average Bonchev–Trinajstić information content (AvgIpc) is 2.38. The SMILES string of the molecule is CCC(C)CN(CC)c1ccc(C(=N)N)c(Br)c1F. The predicted octanol–water partition coefficient (Wildman–Crippen LogP) is 3.74. The maximum absolute atomic E-state index is 14.4. The topological polar surface area (TPSA) is 53.1 Å². The fourth-order valence-corrected chi connectivity index (χ4v) is 2.44. The van der Waals surface area contributed by atoms with E-state index in [1.165, 1.54) is 0 Å². The van der Waals surface area contributed by atoms with Crippen molar-refractivity contribution in [2.75, 3.05) is 18.0 Å². The first-order chi connectivity index (χ1) is 8.92. The molecule has 0 spiro atoms. The van der Waals surface area contributed by atoms with Gasteiger partial charge in [-0.1, -0.05) is 20.3 Å². The second kappa shape index (κ2) is 6.89. The zero-order valence-electron chi connectivity index (χ0n) is 11.6. The minimum atomic E-state index is -0.349. The van der Waals surface area contributed by atoms with Crippen LogP contribution in [0.4, 0.5) is 10.1 Å². The molecule has 0 aliphatic rings. The molecule has 5 heteroatoms. The molecule has 19 heavy (non-hydrogen) atoms. The second-order valence-electron chi connectivity index (χ2n) is 4.73. The highest BCUT2D eigenvalue weighted by molar-refractivity contribution is 9.10. The van der Waals surface area contributed by atoms with Crippen molar-refractivity contribution in [1.82, 2.24) is 0 Å². The Kier molecular flexibility index (Phi) is 5.79. The van der Waals surface area contributed by atoms with Gasteiger partial charge in [0, 0.05) is 18.7 Å². The first-order valence-electron chi connectivity index (χ1n) is 6.49. The Morgan fingerprint density at radius 1 is 1.47 bits per heavy atom. The van der Waals surface area contributed by atoms with Gasteiger partial charge in [-0.25, -0.2) is 4.39 Å². The molecule has 0 bridgehead atoms. The number of anilines is 1. The van der Waals surface area contributed by atoms with Crippen molar-refractivity contribution in [1.29, 1.82) is 5.41 Å². The van der Waals surface area contributed by atoms with Crippen LogP contribution in [0.1, 0.15) is 32.8 Å². The van der Waals surface area contributed by atoms with Gasteiger partial charge in [-0.3, -0.25) is 5.41 Å². The van der Waals surface area contributed by atoms with Gasteiger partial charge in [0.15, 0.2) is 5.82 Å². The molecule has 0 saturated heterocycles. The number of hydrogen-bond donors (Lipinski definition) is 2. The highest BCUT2D eigenvalue weighted by Crippen LogP contribution is 2.30. The summed E-state index contributed by atoms with van der Waals surface area (Å²) in [6.45, 7) is 7.85. The minimum Gasteiger partial charge on any atom is -0.384 e. The largest absolute Gasteiger partial charge is 0.384 e. The van der Waals surface area contributed by atoms with Crippen molar-refractivity contribution in [2.24, 2.45) is 11.7 Å². The molecule has 106 valence electrons. The van der Waals surface area contributed by atoms with Gasteiger partial charge < -0.3 is 10.6 Å². The van der Waals surface area contributed by atoms with Crippen LogP contribution in [0.2, 0.25) is 0 Å². The summed E-state index contributed by atoms with van der Waals surface area (Å²) in [5.41, 5.74) is 6.36. The zero-order valence-corrected chi connectivity index (χ0v) is 13.2. The third-order valence-corrected chi connectivity index (χ3v) is 4.08. The Labute approximate surface area is 122 Å². The van der Waals surface area contributed by atoms with Gasteiger partial charge >= 0.3 is 0 Å². The van der Waals surface area contributed by atoms with Gasteiger partial charge in [-0.2, -0.15) is 0 Å². The van der Waals surface area contributed by atoms with Gasteiger partial charge in [0.25, 0.3) is 0 Å². The van der Waals surface area contributed by atoms with E-state index in [-0.39, 0.29) is 16.1 Å². The number of nitrogens with two attached hydrogens (primary N) is 1. The molecule has 1 unspecified atom stereocenters. The van der Waals surface area contributed by atoms with Crippen LogP contribution in [0.25, 0.3) is 0 Å². The van der Waals surface area contributed by atoms with Crippen LogP contribution in [0, 0.1) is 17.1 Å². The molecule has 0 aromatic heterocycles. The fraction of sp³-hybridized carbons (Fsp3) is 0.500. The lowest BCUT2D eigenvalue weighted by Gasteiger charge is -2.27. The molecule has 1 aromatic carbocycles. The first kappa shape index (κ1) is 16.0. The van der Waals surface area contributed by atoms with Crippen molar-refractivity contribution in [3.63, 3.8) is 0 Å². The van der Waals surface area contributed by atoms with Gasteiger partial charge in [0.2, 0.25) is 0 Å². The molecule has 0 saturated carbocycles. The normalized spacial score (nSPS) is 12.3. The number of benzene rings is 1. The summed E-state index contributed by atoms with van der Waals surface area (Å²) >= 11 is 3.19. The second-order valence-corrected chi connectivity index (χ2v) is 5.52. The number of halogens is 2. The quantitative estimate of drug-likeness (QED) is 0.617. The number of nitrogens with zero attached hydrogens (tertiary/aromatic N) is 1. The van der Waals surface area contributed by atoms with E-state index in [0.29, 0.717) is 17.2 Å². The Balaban J connectivity index is 3.12. The Bertz CT molecular complexity index is 462. The molecule has 1 aromatic rings. The molecule has 1 atom stereocenters. The van der Waals surface area contributed by atoms with Crippen LogP contribution in [0.3, 0.4) is 0 Å². The maximum Gasteiger partial charge on any atom is 0.161 e. The summed E-state index contributed by atoms with van der Waals surface area (Å²) in [6, 6.07) is 3.38. The van der Waals surface area contributed by atoms with E-state index in [4.69, 9.17) is 11.1 Å². The van der Waals surface area contributed by atoms with Crippen molar-refractivity contribution < 1.29 is 4.39 Å². The van der Waals surface area contributed by atoms with Gasteiger partial charge in [0.1, 0.15) is 5.84 Å². The molecule has 1 rings (SSSR count). The fourth-order valence-electron chi connectivity index (χ4n) is 1.89. The molecule has 0 radical (unpaired) electrons. The van der Waals surface area contributed by atoms with E-state index in [1.54, 1.807) is 12.1 Å². The molecule has 0 fully saturated rings. The van der Waals surface area contributed by atoms with Crippen LogP contribution in [-0.4, -0.2) is 18.9 Å². The van der Waals surface area contributed by atoms with Crippen LogP contribution in [0.5, 0.6) is 0 Å². The van der Waals surface area contributed by atoms with E-state index < -0.39 is 0 Å². The third kappa shape index (κ3) is 3.69. The first-order valence-corrected chi connectivity index (χ1v) is 7.28. The van der Waals surface area contributed by atoms with Crippen molar-refractivity contribution in [2.45, 2.75) is 27.2 Å². The van der Waals surface area contributed by atoms with E-state index >= 15 is 0 Å². The lowest BCUT2D eigenvalue weighted by Crippen LogP contribution is -2.29. The summed E-state index contributed by atoms with van der Waals surface area (Å²) in [6.07, 6.45) is 1.06. The Hall–Kier alpha value is -1.10. The van der Waals surface area contributed by atoms with Gasteiger partial charge in [-0.05, 0) is 40.9 Å². The number of hydrogen-bond acceptors (Lipinski definition) is 2. The summed E-state index contributed by atoms with van der Waals surface area (Å²) in [5, 5.41) is 7.41. The molecule has 0 heterocycles. The molecule has 0 amide bonds. The van der Waals surface area contributed by atoms with Crippen LogP contribution in [0.15, 0.2) is 16.6 Å². The number of nitrogens with one attached hydrogen (secondary N) is 1. The summed E-state index contributed by atoms with van der Waals surface area (Å²) < 4.78 is 14.6. The van der Waals surface area contributed by atoms with Gasteiger partial charge in [0.05, 0.1) is 10.2 Å². The van der Waals surface area contributed by atoms with E-state index in [0.717, 1.165) is 19.5 Å². The highest BCUT2D eigenvalue weighted by Gasteiger charge is 2.17. The molecule has 0 aliphatic heterocycles. The van der Waals surface area contributed by atoms with Crippen molar-refractivity contribution in [3.05, 3.63) is 28.0 Å². The molecular formula is C14H21BrFN3. The Morgan fingerprint density at radius 2 is 2.11 bits per heavy atom. The van der Waals surface area contributed by atoms with Crippen LogP contribution < -0.4 is 10.6 Å². The summed E-state index contributed by atoms with van der Waals surface area (Å²) in [7, 11) is 0. The standard InChI is InChI=1S/C14H21BrFN3/c1-4-9(3)8-19(5-2)11-7-6-10(14(17)18)12(15)13(11)16/h6-7,9H,4-5,8H2,1-3H3,(H3,17,18). The summed E-state index contributed by atoms with van der Waals surface area (Å²) in [4.78, 5) is 2.01. The highest BCUT2D eigenvalue weighted by atomic mass is 79.9. The lowest BCUT2D eigenvalue weighted by molar-refractivity contribution is 0.537. The van der Waals surface area contributed by atoms with Crippen LogP contribution >= 0.6 is 15.9 Å². The van der Waals surface area contributed by atoms with Crippen molar-refractivity contribution in [3.8, 4) is 0 Å². The van der Waals surface area contributed by atoms with Gasteiger partial charge in [-0.15, -0.1) is 0 Å². The Morgan fingerprint density at radius 3 is 2.58 bits per heavy atom. The maximum atomic E-state index is 14.4. The van der Waals surface area contributed by atoms with E-state index in [9.17, 15) is 4.39 Å². The zero-order chi connectivity index (χ0) is 14.6.